The van der Waals surface area contributed by atoms with E-state index in [1.54, 1.807) is 6.20 Å². The number of carbonyl (C=O) groups excluding carboxylic acids is 1. The van der Waals surface area contributed by atoms with Crippen molar-refractivity contribution in [2.75, 3.05) is 44.4 Å². The van der Waals surface area contributed by atoms with Crippen molar-refractivity contribution in [2.24, 2.45) is 5.41 Å². The van der Waals surface area contributed by atoms with Gasteiger partial charge in [-0.05, 0) is 62.2 Å². The Kier molecular flexibility index (Phi) is 7.37. The summed E-state index contributed by atoms with van der Waals surface area (Å²) in [5.74, 6) is 2.36. The van der Waals surface area contributed by atoms with Gasteiger partial charge in [-0.1, -0.05) is 24.3 Å². The Hall–Kier alpha value is -3.89. The summed E-state index contributed by atoms with van der Waals surface area (Å²) in [6.45, 7) is 11.0. The van der Waals surface area contributed by atoms with Crippen LogP contribution >= 0.6 is 0 Å². The first-order valence-electron chi connectivity index (χ1n) is 15.4. The van der Waals surface area contributed by atoms with E-state index in [-0.39, 0.29) is 29.3 Å². The van der Waals surface area contributed by atoms with Crippen LogP contribution in [0.3, 0.4) is 0 Å². The molecule has 4 heterocycles. The summed E-state index contributed by atoms with van der Waals surface area (Å²) >= 11 is 0. The molecule has 232 valence electrons. The lowest BCUT2D eigenvalue weighted by Crippen LogP contribution is -2.66. The van der Waals surface area contributed by atoms with Crippen molar-refractivity contribution in [2.45, 2.75) is 63.4 Å². The number of rotatable bonds is 9. The molecule has 0 unspecified atom stereocenters. The SMILES string of the molecule is CC(C)(C)NC(=O)OC1CC(Oc2ccc(C3(c4ccc(OCc5ccnc(N6CC7(COC7)C6)n5)cc4)COC3)cc2)C1. The zero-order valence-corrected chi connectivity index (χ0v) is 25.6. The number of nitrogens with one attached hydrogen (secondary N) is 1. The molecule has 44 heavy (non-hydrogen) atoms. The van der Waals surface area contributed by atoms with Gasteiger partial charge in [0, 0.05) is 37.7 Å². The molecule has 4 aliphatic rings. The van der Waals surface area contributed by atoms with E-state index in [9.17, 15) is 4.79 Å². The smallest absolute Gasteiger partial charge is 0.407 e. The Labute approximate surface area is 258 Å². The number of aromatic nitrogens is 2. The van der Waals surface area contributed by atoms with Crippen LogP contribution in [0, 0.1) is 5.41 Å². The van der Waals surface area contributed by atoms with E-state index in [1.807, 2.05) is 51.1 Å². The molecule has 1 saturated carbocycles. The number of hydrogen-bond donors (Lipinski definition) is 1. The molecule has 3 aromatic rings. The second-order valence-electron chi connectivity index (χ2n) is 13.7. The maximum atomic E-state index is 12.0. The quantitative estimate of drug-likeness (QED) is 0.376. The molecule has 3 saturated heterocycles. The Morgan fingerprint density at radius 2 is 1.55 bits per heavy atom. The van der Waals surface area contributed by atoms with E-state index in [0.717, 1.165) is 49.4 Å². The van der Waals surface area contributed by atoms with Gasteiger partial charge < -0.3 is 33.9 Å². The van der Waals surface area contributed by atoms with Crippen LogP contribution in [0.25, 0.3) is 0 Å². The molecule has 7 rings (SSSR count). The molecule has 1 amide bonds. The number of benzene rings is 2. The minimum atomic E-state index is -0.377. The van der Waals surface area contributed by atoms with Crippen LogP contribution in [0.4, 0.5) is 10.7 Å². The fraction of sp³-hybridized carbons (Fsp3) is 0.500. The number of alkyl carbamates (subject to hydrolysis) is 1. The van der Waals surface area contributed by atoms with Gasteiger partial charge in [0.05, 0.1) is 43.0 Å². The summed E-state index contributed by atoms with van der Waals surface area (Å²) in [4.78, 5) is 23.4. The summed E-state index contributed by atoms with van der Waals surface area (Å²) in [6.07, 6.45) is 2.74. The third kappa shape index (κ3) is 5.93. The van der Waals surface area contributed by atoms with Crippen LogP contribution in [-0.4, -0.2) is 73.3 Å². The largest absolute Gasteiger partial charge is 0.490 e. The minimum Gasteiger partial charge on any atom is -0.490 e. The standard InChI is InChI=1S/C34H40N4O6/c1-32(2,3)37-31(39)44-29-14-28(15-29)43-27-10-6-24(7-11-27)34(21-41-22-34)23-4-8-26(9-5-23)42-16-25-12-13-35-30(36-25)38-17-33(18-38)19-40-20-33/h4-13,28-29H,14-22H2,1-3H3,(H,37,39). The second-order valence-corrected chi connectivity index (χ2v) is 13.7. The lowest BCUT2D eigenvalue weighted by Gasteiger charge is -2.54. The number of ether oxygens (including phenoxy) is 5. The van der Waals surface area contributed by atoms with Crippen molar-refractivity contribution in [3.63, 3.8) is 0 Å². The van der Waals surface area contributed by atoms with Crippen molar-refractivity contribution in [3.05, 3.63) is 77.6 Å². The predicted octanol–water partition coefficient (Wildman–Crippen LogP) is 4.64. The number of nitrogens with zero attached hydrogens (tertiary/aromatic N) is 3. The Bertz CT molecular complexity index is 1470. The highest BCUT2D eigenvalue weighted by Crippen LogP contribution is 2.41. The van der Waals surface area contributed by atoms with Gasteiger partial charge in [0.25, 0.3) is 0 Å². The highest BCUT2D eigenvalue weighted by atomic mass is 16.6. The maximum Gasteiger partial charge on any atom is 0.407 e. The zero-order chi connectivity index (χ0) is 30.4. The fourth-order valence-electron chi connectivity index (χ4n) is 6.17. The monoisotopic (exact) mass is 600 g/mol. The third-order valence-corrected chi connectivity index (χ3v) is 8.85. The summed E-state index contributed by atoms with van der Waals surface area (Å²) < 4.78 is 28.8. The first kappa shape index (κ1) is 28.9. The van der Waals surface area contributed by atoms with E-state index in [2.05, 4.69) is 39.5 Å². The van der Waals surface area contributed by atoms with Crippen molar-refractivity contribution in [1.82, 2.24) is 15.3 Å². The predicted molar refractivity (Wildman–Crippen MR) is 163 cm³/mol. The lowest BCUT2D eigenvalue weighted by atomic mass is 9.73. The zero-order valence-electron chi connectivity index (χ0n) is 25.6. The number of amides is 1. The summed E-state index contributed by atoms with van der Waals surface area (Å²) in [5, 5.41) is 2.83. The van der Waals surface area contributed by atoms with Crippen molar-refractivity contribution < 1.29 is 28.5 Å². The average Bonchev–Trinajstić information content (AvgIpc) is 2.89. The Morgan fingerprint density at radius 3 is 2.11 bits per heavy atom. The summed E-state index contributed by atoms with van der Waals surface area (Å²) in [6, 6.07) is 18.5. The minimum absolute atomic E-state index is 0.0426. The molecule has 1 N–H and O–H groups in total. The van der Waals surface area contributed by atoms with Gasteiger partial charge in [-0.15, -0.1) is 0 Å². The normalized spacial score (nSPS) is 22.9. The van der Waals surface area contributed by atoms with Crippen LogP contribution < -0.4 is 19.7 Å². The maximum absolute atomic E-state index is 12.0. The first-order chi connectivity index (χ1) is 21.2. The van der Waals surface area contributed by atoms with E-state index in [1.165, 1.54) is 11.1 Å². The van der Waals surface area contributed by atoms with Crippen LogP contribution in [0.1, 0.15) is 50.4 Å². The van der Waals surface area contributed by atoms with Gasteiger partial charge in [-0.2, -0.15) is 0 Å². The van der Waals surface area contributed by atoms with E-state index < -0.39 is 0 Å². The Balaban J connectivity index is 0.912. The number of hydrogen-bond acceptors (Lipinski definition) is 9. The molecular weight excluding hydrogens is 560 g/mol. The molecule has 4 fully saturated rings. The van der Waals surface area contributed by atoms with Crippen molar-refractivity contribution in [3.8, 4) is 11.5 Å². The van der Waals surface area contributed by atoms with Crippen LogP contribution in [0.15, 0.2) is 60.8 Å². The van der Waals surface area contributed by atoms with Crippen LogP contribution in [0.2, 0.25) is 0 Å². The molecule has 0 radical (unpaired) electrons. The molecular formula is C34H40N4O6. The summed E-state index contributed by atoms with van der Waals surface area (Å²) in [5.41, 5.74) is 3.03. The topological polar surface area (TPSA) is 104 Å². The van der Waals surface area contributed by atoms with Gasteiger partial charge in [-0.25, -0.2) is 14.8 Å². The third-order valence-electron chi connectivity index (χ3n) is 8.85. The molecule has 3 aliphatic heterocycles. The van der Waals surface area contributed by atoms with Gasteiger partial charge in [-0.3, -0.25) is 0 Å². The number of carbonyl (C=O) groups is 1. The van der Waals surface area contributed by atoms with E-state index in [4.69, 9.17) is 28.7 Å². The number of anilines is 1. The highest BCUT2D eigenvalue weighted by molar-refractivity contribution is 5.68. The van der Waals surface area contributed by atoms with Gasteiger partial charge >= 0.3 is 6.09 Å². The molecule has 1 aromatic heterocycles. The highest BCUT2D eigenvalue weighted by Gasteiger charge is 2.50. The molecule has 0 atom stereocenters. The van der Waals surface area contributed by atoms with Crippen molar-refractivity contribution >= 4 is 12.0 Å². The van der Waals surface area contributed by atoms with Gasteiger partial charge in [0.1, 0.15) is 30.3 Å². The summed E-state index contributed by atoms with van der Waals surface area (Å²) in [7, 11) is 0. The molecule has 2 aromatic carbocycles. The average molecular weight is 601 g/mol. The molecule has 1 spiro atoms. The Morgan fingerprint density at radius 1 is 0.909 bits per heavy atom. The molecule has 10 nitrogen and oxygen atoms in total. The van der Waals surface area contributed by atoms with Crippen LogP contribution in [-0.2, 0) is 26.2 Å². The van der Waals surface area contributed by atoms with E-state index in [0.29, 0.717) is 38.1 Å². The van der Waals surface area contributed by atoms with Gasteiger partial charge in [0.2, 0.25) is 5.95 Å². The van der Waals surface area contributed by atoms with E-state index >= 15 is 0 Å². The molecule has 0 bridgehead atoms. The molecule has 1 aliphatic carbocycles. The van der Waals surface area contributed by atoms with Crippen LogP contribution in [0.5, 0.6) is 11.5 Å². The fourth-order valence-corrected chi connectivity index (χ4v) is 6.17. The van der Waals surface area contributed by atoms with Crippen molar-refractivity contribution in [1.29, 1.82) is 0 Å². The van der Waals surface area contributed by atoms with Gasteiger partial charge in [0.15, 0.2) is 0 Å². The molecule has 10 heteroatoms. The second kappa shape index (κ2) is 11.2. The lowest BCUT2D eigenvalue weighted by molar-refractivity contribution is -0.127. The first-order valence-corrected chi connectivity index (χ1v) is 15.4.